The molecule has 146 valence electrons. The standard InChI is InChI=1S/C20H21FN4O2S/c1-14(19(26)24(2)3)28-20-23-22-18(25(20)15-9-5-4-6-10-15)13-27-17-12-8-7-11-16(17)21/h4-12,14H,13H2,1-3H3. The van der Waals surface area contributed by atoms with Crippen LogP contribution < -0.4 is 4.74 Å². The Bertz CT molecular complexity index is 946. The van der Waals surface area contributed by atoms with Crippen LogP contribution in [0.1, 0.15) is 12.7 Å². The van der Waals surface area contributed by atoms with Gasteiger partial charge in [-0.1, -0.05) is 42.1 Å². The maximum atomic E-state index is 13.8. The number of para-hydroxylation sites is 2. The number of hydrogen-bond acceptors (Lipinski definition) is 5. The van der Waals surface area contributed by atoms with Crippen molar-refractivity contribution in [2.24, 2.45) is 0 Å². The van der Waals surface area contributed by atoms with Crippen molar-refractivity contribution in [3.63, 3.8) is 0 Å². The average Bonchev–Trinajstić information content (AvgIpc) is 3.09. The molecule has 3 aromatic rings. The molecule has 1 atom stereocenters. The summed E-state index contributed by atoms with van der Waals surface area (Å²) in [4.78, 5) is 13.8. The number of thioether (sulfide) groups is 1. The molecule has 3 rings (SSSR count). The van der Waals surface area contributed by atoms with Gasteiger partial charge in [0.2, 0.25) is 5.91 Å². The Morgan fingerprint density at radius 3 is 2.50 bits per heavy atom. The van der Waals surface area contributed by atoms with Crippen molar-refractivity contribution in [2.75, 3.05) is 14.1 Å². The zero-order chi connectivity index (χ0) is 20.1. The number of ether oxygens (including phenoxy) is 1. The van der Waals surface area contributed by atoms with Gasteiger partial charge in [0.15, 0.2) is 22.5 Å². The van der Waals surface area contributed by atoms with E-state index in [1.165, 1.54) is 17.8 Å². The number of carbonyl (C=O) groups excluding carboxylic acids is 1. The van der Waals surface area contributed by atoms with Crippen molar-refractivity contribution in [1.82, 2.24) is 19.7 Å². The molecule has 0 spiro atoms. The van der Waals surface area contributed by atoms with Gasteiger partial charge in [-0.2, -0.15) is 0 Å². The van der Waals surface area contributed by atoms with E-state index in [2.05, 4.69) is 10.2 Å². The molecule has 0 saturated heterocycles. The third-order valence-electron chi connectivity index (χ3n) is 3.98. The highest BCUT2D eigenvalue weighted by atomic mass is 32.2. The quantitative estimate of drug-likeness (QED) is 0.568. The van der Waals surface area contributed by atoms with Crippen LogP contribution in [-0.2, 0) is 11.4 Å². The largest absolute Gasteiger partial charge is 0.483 e. The lowest BCUT2D eigenvalue weighted by atomic mass is 10.3. The number of benzene rings is 2. The predicted molar refractivity (Wildman–Crippen MR) is 106 cm³/mol. The molecule has 1 heterocycles. The summed E-state index contributed by atoms with van der Waals surface area (Å²) >= 11 is 1.32. The first kappa shape index (κ1) is 19.9. The lowest BCUT2D eigenvalue weighted by Crippen LogP contribution is -2.29. The fourth-order valence-corrected chi connectivity index (χ4v) is 3.61. The van der Waals surface area contributed by atoms with Crippen molar-refractivity contribution < 1.29 is 13.9 Å². The zero-order valence-electron chi connectivity index (χ0n) is 15.9. The van der Waals surface area contributed by atoms with Crippen molar-refractivity contribution in [1.29, 1.82) is 0 Å². The first-order valence-electron chi connectivity index (χ1n) is 8.72. The SMILES string of the molecule is CC(Sc1nnc(COc2ccccc2F)n1-c1ccccc1)C(=O)N(C)C. The second-order valence-corrected chi connectivity index (χ2v) is 7.59. The normalized spacial score (nSPS) is 11.9. The van der Waals surface area contributed by atoms with Crippen LogP contribution in [-0.4, -0.2) is 44.9 Å². The molecule has 28 heavy (non-hydrogen) atoms. The molecule has 2 aromatic carbocycles. The summed E-state index contributed by atoms with van der Waals surface area (Å²) in [7, 11) is 3.43. The second kappa shape index (κ2) is 8.88. The summed E-state index contributed by atoms with van der Waals surface area (Å²) in [6.07, 6.45) is 0. The van der Waals surface area contributed by atoms with Gasteiger partial charge in [-0.05, 0) is 31.2 Å². The van der Waals surface area contributed by atoms with Gasteiger partial charge in [-0.25, -0.2) is 4.39 Å². The number of nitrogens with zero attached hydrogens (tertiary/aromatic N) is 4. The van der Waals surface area contributed by atoms with E-state index in [1.54, 1.807) is 37.2 Å². The minimum Gasteiger partial charge on any atom is -0.483 e. The van der Waals surface area contributed by atoms with Gasteiger partial charge >= 0.3 is 0 Å². The monoisotopic (exact) mass is 400 g/mol. The minimum atomic E-state index is -0.437. The van der Waals surface area contributed by atoms with E-state index in [-0.39, 0.29) is 23.5 Å². The van der Waals surface area contributed by atoms with Crippen molar-refractivity contribution in [2.45, 2.75) is 23.9 Å². The Labute approximate surface area is 167 Å². The zero-order valence-corrected chi connectivity index (χ0v) is 16.7. The molecule has 8 heteroatoms. The summed E-state index contributed by atoms with van der Waals surface area (Å²) in [5.41, 5.74) is 0.839. The number of rotatable bonds is 7. The van der Waals surface area contributed by atoms with Crippen LogP contribution in [0.25, 0.3) is 5.69 Å². The topological polar surface area (TPSA) is 60.3 Å². The Balaban J connectivity index is 1.89. The van der Waals surface area contributed by atoms with Gasteiger partial charge in [0.1, 0.15) is 6.61 Å². The van der Waals surface area contributed by atoms with Gasteiger partial charge in [-0.3, -0.25) is 9.36 Å². The highest BCUT2D eigenvalue weighted by molar-refractivity contribution is 8.00. The lowest BCUT2D eigenvalue weighted by Gasteiger charge is -2.17. The molecule has 0 fully saturated rings. The maximum Gasteiger partial charge on any atom is 0.235 e. The number of hydrogen-bond donors (Lipinski definition) is 0. The average molecular weight is 400 g/mol. The van der Waals surface area contributed by atoms with Crippen molar-refractivity contribution >= 4 is 17.7 Å². The molecule has 0 aliphatic heterocycles. The van der Waals surface area contributed by atoms with E-state index in [1.807, 2.05) is 41.8 Å². The maximum absolute atomic E-state index is 13.8. The summed E-state index contributed by atoms with van der Waals surface area (Å²) in [5.74, 6) is 0.210. The van der Waals surface area contributed by atoms with E-state index in [0.717, 1.165) is 5.69 Å². The van der Waals surface area contributed by atoms with Crippen molar-refractivity contribution in [3.05, 3.63) is 66.2 Å². The third-order valence-corrected chi connectivity index (χ3v) is 5.01. The number of halogens is 1. The molecule has 0 saturated carbocycles. The van der Waals surface area contributed by atoms with Crippen molar-refractivity contribution in [3.8, 4) is 11.4 Å². The molecule has 0 bridgehead atoms. The first-order chi connectivity index (χ1) is 13.5. The molecule has 1 amide bonds. The number of amides is 1. The number of aromatic nitrogens is 3. The predicted octanol–water partition coefficient (Wildman–Crippen LogP) is 3.55. The van der Waals surface area contributed by atoms with Gasteiger partial charge in [0.25, 0.3) is 0 Å². The Hall–Kier alpha value is -2.87. The van der Waals surface area contributed by atoms with E-state index in [4.69, 9.17) is 4.74 Å². The summed E-state index contributed by atoms with van der Waals surface area (Å²) in [6, 6.07) is 15.8. The molecule has 1 unspecified atom stereocenters. The molecule has 0 radical (unpaired) electrons. The van der Waals surface area contributed by atoms with Gasteiger partial charge in [0.05, 0.1) is 5.25 Å². The smallest absolute Gasteiger partial charge is 0.235 e. The highest BCUT2D eigenvalue weighted by Gasteiger charge is 2.22. The van der Waals surface area contributed by atoms with Crippen LogP contribution in [0.5, 0.6) is 5.75 Å². The van der Waals surface area contributed by atoms with Crippen LogP contribution >= 0.6 is 11.8 Å². The fraction of sp³-hybridized carbons (Fsp3) is 0.250. The summed E-state index contributed by atoms with van der Waals surface area (Å²) in [6.45, 7) is 1.87. The van der Waals surface area contributed by atoms with Gasteiger partial charge in [-0.15, -0.1) is 10.2 Å². The molecular formula is C20H21FN4O2S. The molecule has 0 aliphatic rings. The van der Waals surface area contributed by atoms with Gasteiger partial charge < -0.3 is 9.64 Å². The van der Waals surface area contributed by atoms with Crippen LogP contribution in [0.4, 0.5) is 4.39 Å². The van der Waals surface area contributed by atoms with E-state index >= 15 is 0 Å². The van der Waals surface area contributed by atoms with Crippen LogP contribution in [0.2, 0.25) is 0 Å². The molecule has 1 aromatic heterocycles. The summed E-state index contributed by atoms with van der Waals surface area (Å²) in [5, 5.41) is 8.69. The van der Waals surface area contributed by atoms with Crippen LogP contribution in [0, 0.1) is 5.82 Å². The van der Waals surface area contributed by atoms with Gasteiger partial charge in [0, 0.05) is 19.8 Å². The lowest BCUT2D eigenvalue weighted by molar-refractivity contribution is -0.127. The van der Waals surface area contributed by atoms with E-state index in [9.17, 15) is 9.18 Å². The Morgan fingerprint density at radius 2 is 1.82 bits per heavy atom. The van der Waals surface area contributed by atoms with E-state index < -0.39 is 5.82 Å². The third kappa shape index (κ3) is 4.51. The molecule has 0 aliphatic carbocycles. The summed E-state index contributed by atoms with van der Waals surface area (Å²) < 4.78 is 21.3. The fourth-order valence-electron chi connectivity index (χ4n) is 2.58. The Morgan fingerprint density at radius 1 is 1.14 bits per heavy atom. The highest BCUT2D eigenvalue weighted by Crippen LogP contribution is 2.27. The van der Waals surface area contributed by atoms with Crippen LogP contribution in [0.15, 0.2) is 59.8 Å². The molecule has 6 nitrogen and oxygen atoms in total. The number of carbonyl (C=O) groups is 1. The first-order valence-corrected chi connectivity index (χ1v) is 9.60. The molecular weight excluding hydrogens is 379 g/mol. The second-order valence-electron chi connectivity index (χ2n) is 6.28. The minimum absolute atomic E-state index is 0.0169. The van der Waals surface area contributed by atoms with E-state index in [0.29, 0.717) is 11.0 Å². The Kier molecular flexibility index (Phi) is 6.30. The van der Waals surface area contributed by atoms with Crippen LogP contribution in [0.3, 0.4) is 0 Å². The molecule has 0 N–H and O–H groups in total.